The van der Waals surface area contributed by atoms with E-state index in [9.17, 15) is 45.6 Å². The molecule has 12 unspecified atom stereocenters. The Morgan fingerprint density at radius 1 is 0.356 bits per heavy atom. The van der Waals surface area contributed by atoms with Crippen molar-refractivity contribution in [2.75, 3.05) is 19.8 Å². The highest BCUT2D eigenvalue weighted by molar-refractivity contribution is 5.76. The minimum absolute atomic E-state index is 0.237. The number of aliphatic hydroxyl groups excluding tert-OH is 8. The third-order valence-corrected chi connectivity index (χ3v) is 20.5. The molecule has 2 rings (SSSR count). The lowest BCUT2D eigenvalue weighted by molar-refractivity contribution is -0.359. The summed E-state index contributed by atoms with van der Waals surface area (Å²) >= 11 is 0. The zero-order valence-electron chi connectivity index (χ0n) is 66.2. The van der Waals surface area contributed by atoms with Gasteiger partial charge in [0, 0.05) is 6.42 Å². The van der Waals surface area contributed by atoms with E-state index in [0.717, 1.165) is 89.9 Å². The van der Waals surface area contributed by atoms with Gasteiger partial charge < -0.3 is 65.1 Å². The van der Waals surface area contributed by atoms with Gasteiger partial charge in [-0.2, -0.15) is 0 Å². The summed E-state index contributed by atoms with van der Waals surface area (Å²) in [6.07, 6.45) is 88.9. The molecule has 14 heteroatoms. The molecule has 14 nitrogen and oxygen atoms in total. The number of allylic oxidation sites excluding steroid dienone is 17. The van der Waals surface area contributed by atoms with E-state index in [1.807, 2.05) is 6.08 Å². The summed E-state index contributed by atoms with van der Waals surface area (Å²) in [5.41, 5.74) is 0. The first-order valence-electron chi connectivity index (χ1n) is 43.1. The summed E-state index contributed by atoms with van der Waals surface area (Å²) < 4.78 is 22.9. The molecule has 1 amide bonds. The summed E-state index contributed by atoms with van der Waals surface area (Å²) in [4.78, 5) is 13.4. The first-order chi connectivity index (χ1) is 51.1. The first kappa shape index (κ1) is 96.7. The summed E-state index contributed by atoms with van der Waals surface area (Å²) in [6, 6.07) is -0.922. The van der Waals surface area contributed by atoms with E-state index < -0.39 is 86.8 Å². The third-order valence-electron chi connectivity index (χ3n) is 20.5. The average Bonchev–Trinajstić information content (AvgIpc) is 0.789. The van der Waals surface area contributed by atoms with Crippen LogP contribution in [0.1, 0.15) is 361 Å². The minimum atomic E-state index is -1.79. The molecular weight excluding hydrogens is 1300 g/mol. The van der Waals surface area contributed by atoms with Gasteiger partial charge >= 0.3 is 0 Å². The average molecular weight is 1460 g/mol. The van der Waals surface area contributed by atoms with Gasteiger partial charge in [-0.15, -0.1) is 0 Å². The van der Waals surface area contributed by atoms with Crippen LogP contribution in [0.15, 0.2) is 109 Å². The van der Waals surface area contributed by atoms with Crippen molar-refractivity contribution in [2.45, 2.75) is 434 Å². The highest BCUT2D eigenvalue weighted by atomic mass is 16.7. The molecule has 104 heavy (non-hydrogen) atoms. The number of nitrogens with one attached hydrogen (secondary N) is 1. The van der Waals surface area contributed by atoms with Crippen molar-refractivity contribution in [3.63, 3.8) is 0 Å². The van der Waals surface area contributed by atoms with Crippen molar-refractivity contribution in [3.05, 3.63) is 109 Å². The zero-order chi connectivity index (χ0) is 75.1. The van der Waals surface area contributed by atoms with Crippen molar-refractivity contribution in [1.82, 2.24) is 5.32 Å². The maximum Gasteiger partial charge on any atom is 0.220 e. The van der Waals surface area contributed by atoms with E-state index in [4.69, 9.17) is 18.9 Å². The molecule has 12 atom stereocenters. The Balaban J connectivity index is 1.58. The fourth-order valence-electron chi connectivity index (χ4n) is 13.7. The molecular formula is C90H159NO13. The van der Waals surface area contributed by atoms with E-state index in [0.29, 0.717) is 6.42 Å². The molecule has 2 heterocycles. The minimum Gasteiger partial charge on any atom is -0.394 e. The van der Waals surface area contributed by atoms with E-state index in [1.165, 1.54) is 244 Å². The molecule has 2 saturated heterocycles. The van der Waals surface area contributed by atoms with Gasteiger partial charge in [-0.05, 0) is 83.5 Å². The van der Waals surface area contributed by atoms with Crippen LogP contribution in [0.25, 0.3) is 0 Å². The van der Waals surface area contributed by atoms with Gasteiger partial charge in [-0.25, -0.2) is 0 Å². The number of ether oxygens (including phenoxy) is 4. The van der Waals surface area contributed by atoms with Crippen LogP contribution < -0.4 is 5.32 Å². The molecule has 2 aliphatic rings. The lowest BCUT2D eigenvalue weighted by Crippen LogP contribution is -2.65. The van der Waals surface area contributed by atoms with Gasteiger partial charge in [-0.3, -0.25) is 4.79 Å². The second-order valence-corrected chi connectivity index (χ2v) is 29.9. The predicted octanol–water partition coefficient (Wildman–Crippen LogP) is 20.6. The Hall–Kier alpha value is -3.35. The first-order valence-corrected chi connectivity index (χ1v) is 43.1. The zero-order valence-corrected chi connectivity index (χ0v) is 66.2. The number of hydrogen-bond acceptors (Lipinski definition) is 13. The molecule has 0 saturated carbocycles. The molecule has 0 aliphatic carbocycles. The quantitative estimate of drug-likeness (QED) is 0.0204. The summed E-state index contributed by atoms with van der Waals surface area (Å²) in [5.74, 6) is -0.237. The fraction of sp³-hybridized carbons (Fsp3) is 0.789. The van der Waals surface area contributed by atoms with Crippen molar-refractivity contribution < 1.29 is 64.6 Å². The molecule has 0 spiro atoms. The van der Waals surface area contributed by atoms with Crippen molar-refractivity contribution in [3.8, 4) is 0 Å². The molecule has 2 fully saturated rings. The molecule has 0 aromatic rings. The Kier molecular flexibility index (Phi) is 67.4. The molecule has 2 aliphatic heterocycles. The molecule has 0 aromatic carbocycles. The van der Waals surface area contributed by atoms with E-state index in [1.54, 1.807) is 6.08 Å². The third kappa shape index (κ3) is 54.3. The highest BCUT2D eigenvalue weighted by Crippen LogP contribution is 2.30. The van der Waals surface area contributed by atoms with Gasteiger partial charge in [0.1, 0.15) is 48.8 Å². The van der Waals surface area contributed by atoms with Crippen molar-refractivity contribution in [2.24, 2.45) is 0 Å². The number of hydrogen-bond donors (Lipinski definition) is 9. The topological polar surface area (TPSA) is 228 Å². The number of unbranched alkanes of at least 4 members (excludes halogenated alkanes) is 43. The lowest BCUT2D eigenvalue weighted by Gasteiger charge is -2.46. The van der Waals surface area contributed by atoms with Gasteiger partial charge in [0.05, 0.1) is 32.0 Å². The van der Waals surface area contributed by atoms with Crippen LogP contribution in [-0.2, 0) is 23.7 Å². The molecule has 0 aromatic heterocycles. The van der Waals surface area contributed by atoms with Gasteiger partial charge in [0.25, 0.3) is 0 Å². The number of amides is 1. The second-order valence-electron chi connectivity index (χ2n) is 29.9. The number of carbonyl (C=O) groups is 1. The molecule has 0 bridgehead atoms. The normalized spacial score (nSPS) is 22.0. The largest absolute Gasteiger partial charge is 0.394 e. The maximum absolute atomic E-state index is 13.4. The molecule has 9 N–H and O–H groups in total. The van der Waals surface area contributed by atoms with Crippen LogP contribution in [0.3, 0.4) is 0 Å². The van der Waals surface area contributed by atoms with Crippen LogP contribution in [0.5, 0.6) is 0 Å². The summed E-state index contributed by atoms with van der Waals surface area (Å²) in [5, 5.41) is 87.8. The number of aliphatic hydroxyl groups is 8. The molecule has 602 valence electrons. The predicted molar refractivity (Wildman–Crippen MR) is 433 cm³/mol. The van der Waals surface area contributed by atoms with Crippen molar-refractivity contribution in [1.29, 1.82) is 0 Å². The summed E-state index contributed by atoms with van der Waals surface area (Å²) in [6.45, 7) is 2.73. The monoisotopic (exact) mass is 1460 g/mol. The van der Waals surface area contributed by atoms with Crippen molar-refractivity contribution >= 4 is 5.91 Å². The van der Waals surface area contributed by atoms with Gasteiger partial charge in [-0.1, -0.05) is 380 Å². The van der Waals surface area contributed by atoms with Gasteiger partial charge in [0.2, 0.25) is 5.91 Å². The van der Waals surface area contributed by atoms with Crippen LogP contribution >= 0.6 is 0 Å². The Morgan fingerprint density at radius 2 is 0.663 bits per heavy atom. The lowest BCUT2D eigenvalue weighted by atomic mass is 9.97. The van der Waals surface area contributed by atoms with Crippen LogP contribution in [0.2, 0.25) is 0 Å². The van der Waals surface area contributed by atoms with Crippen LogP contribution in [0.4, 0.5) is 0 Å². The Morgan fingerprint density at radius 3 is 1.02 bits per heavy atom. The highest BCUT2D eigenvalue weighted by Gasteiger charge is 2.51. The number of rotatable bonds is 72. The van der Waals surface area contributed by atoms with E-state index in [2.05, 4.69) is 116 Å². The Bertz CT molecular complexity index is 2170. The smallest absolute Gasteiger partial charge is 0.220 e. The van der Waals surface area contributed by atoms with Gasteiger partial charge in [0.15, 0.2) is 12.6 Å². The number of carbonyl (C=O) groups excluding carboxylic acids is 1. The fourth-order valence-corrected chi connectivity index (χ4v) is 13.7. The standard InChI is InChI=1S/C90H159NO13/c1-3-5-7-9-11-13-15-17-19-21-23-25-27-29-31-33-34-35-36-37-38-39-40-41-42-43-44-46-48-50-52-54-56-58-60-62-64-66-68-70-72-74-82(95)91-78(77-101-89-87(100)85(98)88(81(76-93)103-89)104-90-86(99)84(97)83(96)80(75-92)102-90)79(94)73-71-69-67-65-63-61-59-57-55-53-51-49-47-45-32-30-28-26-24-22-20-18-16-14-12-10-8-6-4-2/h5,7,11,13,17,19,23,25,29,31,34-35,37-38,40-41,71,73,78-81,83-90,92-94,96-100H,3-4,6,8-10,12,14-16,18,20-22,24,26-28,30,32-33,36,39,42-70,72,74-77H2,1-2H3,(H,91,95)/b7-5-,13-11-,19-17-,25-23-,31-29-,35-34-,38-37-,41-40-,73-71+. The van der Waals surface area contributed by atoms with E-state index >= 15 is 0 Å². The maximum atomic E-state index is 13.4. The Labute approximate surface area is 636 Å². The van der Waals surface area contributed by atoms with Crippen LogP contribution in [0, 0.1) is 0 Å². The summed E-state index contributed by atoms with van der Waals surface area (Å²) in [7, 11) is 0. The van der Waals surface area contributed by atoms with E-state index in [-0.39, 0.29) is 18.9 Å². The van der Waals surface area contributed by atoms with Crippen LogP contribution in [-0.4, -0.2) is 140 Å². The second kappa shape index (κ2) is 72.5. The molecule has 0 radical (unpaired) electrons. The SMILES string of the molecule is CC/C=C\C/C=C\C/C=C\C/C=C\C/C=C\C/C=C\C/C=C\C/C=C\CCCCCCCCCCCCCCCCCCC(=O)NC(COC1OC(CO)C(OC2OC(CO)C(O)C(O)C2O)C(O)C1O)C(O)/C=C/CCCCCCCCCCCCCCCCCCCCCCCCCCCCC.